The SMILES string of the molecule is CCCn1c(SCC(=O)Nc2sc(C)c(C)c2C(=O)OC)nnc1C1CC1. The van der Waals surface area contributed by atoms with Crippen LogP contribution in [0.5, 0.6) is 0 Å². The molecule has 7 nitrogen and oxygen atoms in total. The van der Waals surface area contributed by atoms with Crippen molar-refractivity contribution in [3.63, 3.8) is 0 Å². The largest absolute Gasteiger partial charge is 0.465 e. The summed E-state index contributed by atoms with van der Waals surface area (Å²) >= 11 is 2.76. The number of ether oxygens (including phenoxy) is 1. The molecule has 1 amide bonds. The summed E-state index contributed by atoms with van der Waals surface area (Å²) in [5.41, 5.74) is 1.27. The average Bonchev–Trinajstić information content (AvgIpc) is 3.35. The van der Waals surface area contributed by atoms with Crippen molar-refractivity contribution in [3.8, 4) is 0 Å². The van der Waals surface area contributed by atoms with Gasteiger partial charge in [-0.05, 0) is 38.7 Å². The normalized spacial score (nSPS) is 13.6. The second kappa shape index (κ2) is 8.43. The zero-order valence-electron chi connectivity index (χ0n) is 16.0. The van der Waals surface area contributed by atoms with Gasteiger partial charge in [0.05, 0.1) is 18.4 Å². The Hall–Kier alpha value is -1.87. The van der Waals surface area contributed by atoms with Gasteiger partial charge in [0.15, 0.2) is 5.16 Å². The third kappa shape index (κ3) is 4.35. The number of carbonyl (C=O) groups excluding carboxylic acids is 2. The van der Waals surface area contributed by atoms with E-state index < -0.39 is 5.97 Å². The fourth-order valence-corrected chi connectivity index (χ4v) is 4.68. The van der Waals surface area contributed by atoms with E-state index in [1.54, 1.807) is 0 Å². The average molecular weight is 409 g/mol. The van der Waals surface area contributed by atoms with Crippen LogP contribution in [0, 0.1) is 13.8 Å². The van der Waals surface area contributed by atoms with Crippen molar-refractivity contribution in [2.45, 2.75) is 57.7 Å². The lowest BCUT2D eigenvalue weighted by molar-refractivity contribution is -0.113. The second-order valence-corrected chi connectivity index (χ2v) is 8.75. The molecule has 0 spiro atoms. The zero-order valence-corrected chi connectivity index (χ0v) is 17.6. The minimum absolute atomic E-state index is 0.176. The third-order valence-corrected chi connectivity index (χ3v) is 6.58. The van der Waals surface area contributed by atoms with Gasteiger partial charge in [-0.25, -0.2) is 4.79 Å². The van der Waals surface area contributed by atoms with E-state index in [1.807, 2.05) is 13.8 Å². The third-order valence-electron chi connectivity index (χ3n) is 4.50. The fourth-order valence-electron chi connectivity index (χ4n) is 2.84. The van der Waals surface area contributed by atoms with Crippen molar-refractivity contribution >= 4 is 40.0 Å². The molecule has 0 aliphatic heterocycles. The van der Waals surface area contributed by atoms with Crippen molar-refractivity contribution < 1.29 is 14.3 Å². The molecule has 0 atom stereocenters. The highest BCUT2D eigenvalue weighted by molar-refractivity contribution is 7.99. The van der Waals surface area contributed by atoms with Gasteiger partial charge in [-0.1, -0.05) is 18.7 Å². The van der Waals surface area contributed by atoms with E-state index in [4.69, 9.17) is 4.74 Å². The molecule has 0 saturated heterocycles. The molecule has 27 heavy (non-hydrogen) atoms. The Labute approximate surface area is 166 Å². The first-order valence-electron chi connectivity index (χ1n) is 9.00. The summed E-state index contributed by atoms with van der Waals surface area (Å²) in [5.74, 6) is 1.16. The van der Waals surface area contributed by atoms with Gasteiger partial charge >= 0.3 is 5.97 Å². The molecule has 0 unspecified atom stereocenters. The van der Waals surface area contributed by atoms with Crippen molar-refractivity contribution in [2.75, 3.05) is 18.2 Å². The summed E-state index contributed by atoms with van der Waals surface area (Å²) in [6.45, 7) is 6.75. The maximum Gasteiger partial charge on any atom is 0.341 e. The summed E-state index contributed by atoms with van der Waals surface area (Å²) in [7, 11) is 1.34. The van der Waals surface area contributed by atoms with E-state index in [-0.39, 0.29) is 11.7 Å². The van der Waals surface area contributed by atoms with Crippen LogP contribution < -0.4 is 5.32 Å². The Balaban J connectivity index is 1.67. The molecule has 3 rings (SSSR count). The Morgan fingerprint density at radius 3 is 2.70 bits per heavy atom. The van der Waals surface area contributed by atoms with Crippen LogP contribution in [0.3, 0.4) is 0 Å². The monoisotopic (exact) mass is 408 g/mol. The minimum Gasteiger partial charge on any atom is -0.465 e. The molecule has 146 valence electrons. The Morgan fingerprint density at radius 2 is 2.07 bits per heavy atom. The number of carbonyl (C=O) groups is 2. The van der Waals surface area contributed by atoms with E-state index in [2.05, 4.69) is 27.0 Å². The number of rotatable bonds is 8. The van der Waals surface area contributed by atoms with Gasteiger partial charge in [-0.2, -0.15) is 0 Å². The molecule has 2 aromatic rings. The van der Waals surface area contributed by atoms with Gasteiger partial charge in [-0.15, -0.1) is 21.5 Å². The van der Waals surface area contributed by atoms with E-state index in [1.165, 1.54) is 43.1 Å². The fraction of sp³-hybridized carbons (Fsp3) is 0.556. The molecule has 2 aromatic heterocycles. The molecule has 1 fully saturated rings. The van der Waals surface area contributed by atoms with E-state index >= 15 is 0 Å². The quantitative estimate of drug-likeness (QED) is 0.529. The molecule has 0 aromatic carbocycles. The standard InChI is InChI=1S/C18H24N4O3S2/c1-5-8-22-15(12-6-7-12)20-21-18(22)26-9-13(23)19-16-14(17(24)25-4)10(2)11(3)27-16/h12H,5-9H2,1-4H3,(H,19,23). The molecule has 0 radical (unpaired) electrons. The summed E-state index contributed by atoms with van der Waals surface area (Å²) in [5, 5.41) is 12.8. The predicted molar refractivity (Wildman–Crippen MR) is 107 cm³/mol. The number of hydrogen-bond donors (Lipinski definition) is 1. The molecule has 1 N–H and O–H groups in total. The molecule has 1 aliphatic rings. The molecule has 0 bridgehead atoms. The van der Waals surface area contributed by atoms with Gasteiger partial charge in [-0.3, -0.25) is 4.79 Å². The number of amides is 1. The lowest BCUT2D eigenvalue weighted by Crippen LogP contribution is -2.16. The van der Waals surface area contributed by atoms with E-state index in [9.17, 15) is 9.59 Å². The first kappa shape index (κ1) is 19.9. The summed E-state index contributed by atoms with van der Waals surface area (Å²) in [6.07, 6.45) is 3.33. The number of aryl methyl sites for hydroxylation is 1. The second-order valence-electron chi connectivity index (χ2n) is 6.58. The molecule has 1 saturated carbocycles. The van der Waals surface area contributed by atoms with Gasteiger partial charge in [0, 0.05) is 17.3 Å². The van der Waals surface area contributed by atoms with Crippen LogP contribution in [0.25, 0.3) is 0 Å². The predicted octanol–water partition coefficient (Wildman–Crippen LogP) is 3.76. The van der Waals surface area contributed by atoms with Gasteiger partial charge < -0.3 is 14.6 Å². The van der Waals surface area contributed by atoms with Crippen LogP contribution in [0.2, 0.25) is 0 Å². The molecular weight excluding hydrogens is 384 g/mol. The number of thiophene rings is 1. The zero-order chi connectivity index (χ0) is 19.6. The van der Waals surface area contributed by atoms with Gasteiger partial charge in [0.1, 0.15) is 10.8 Å². The van der Waals surface area contributed by atoms with Crippen LogP contribution in [0.1, 0.15) is 58.7 Å². The van der Waals surface area contributed by atoms with Gasteiger partial charge in [0.25, 0.3) is 0 Å². The van der Waals surface area contributed by atoms with Crippen molar-refractivity contribution in [1.82, 2.24) is 14.8 Å². The smallest absolute Gasteiger partial charge is 0.341 e. The summed E-state index contributed by atoms with van der Waals surface area (Å²) in [6, 6.07) is 0. The highest BCUT2D eigenvalue weighted by Gasteiger charge is 2.30. The molecule has 9 heteroatoms. The lowest BCUT2D eigenvalue weighted by Gasteiger charge is -2.08. The topological polar surface area (TPSA) is 86.1 Å². The Bertz CT molecular complexity index is 855. The van der Waals surface area contributed by atoms with Crippen LogP contribution in [-0.2, 0) is 16.1 Å². The first-order chi connectivity index (χ1) is 13.0. The van der Waals surface area contributed by atoms with Crippen molar-refractivity contribution in [1.29, 1.82) is 0 Å². The van der Waals surface area contributed by atoms with Gasteiger partial charge in [0.2, 0.25) is 5.91 Å². The first-order valence-corrected chi connectivity index (χ1v) is 10.8. The van der Waals surface area contributed by atoms with Crippen LogP contribution >= 0.6 is 23.1 Å². The summed E-state index contributed by atoms with van der Waals surface area (Å²) in [4.78, 5) is 25.5. The molecular formula is C18H24N4O3S2. The number of methoxy groups -OCH3 is 1. The van der Waals surface area contributed by atoms with Crippen LogP contribution in [0.4, 0.5) is 5.00 Å². The van der Waals surface area contributed by atoms with E-state index in [0.29, 0.717) is 16.5 Å². The number of aromatic nitrogens is 3. The van der Waals surface area contributed by atoms with Crippen molar-refractivity contribution in [3.05, 3.63) is 21.8 Å². The highest BCUT2D eigenvalue weighted by Crippen LogP contribution is 2.40. The minimum atomic E-state index is -0.434. The summed E-state index contributed by atoms with van der Waals surface area (Å²) < 4.78 is 6.98. The van der Waals surface area contributed by atoms with Crippen LogP contribution in [0.15, 0.2) is 5.16 Å². The Morgan fingerprint density at radius 1 is 1.33 bits per heavy atom. The number of nitrogens with one attached hydrogen (secondary N) is 1. The molecule has 1 aliphatic carbocycles. The maximum absolute atomic E-state index is 12.5. The van der Waals surface area contributed by atoms with Crippen molar-refractivity contribution in [2.24, 2.45) is 0 Å². The molecule has 2 heterocycles. The number of thioether (sulfide) groups is 1. The Kier molecular flexibility index (Phi) is 6.21. The number of anilines is 1. The lowest BCUT2D eigenvalue weighted by atomic mass is 10.1. The highest BCUT2D eigenvalue weighted by atomic mass is 32.2. The van der Waals surface area contributed by atoms with E-state index in [0.717, 1.165) is 34.4 Å². The maximum atomic E-state index is 12.5. The number of hydrogen-bond acceptors (Lipinski definition) is 7. The number of esters is 1. The van der Waals surface area contributed by atoms with Crippen LogP contribution in [-0.4, -0.2) is 39.5 Å². The number of nitrogens with zero attached hydrogens (tertiary/aromatic N) is 3.